The maximum Gasteiger partial charge on any atom is 0.356 e. The van der Waals surface area contributed by atoms with Crippen LogP contribution in [-0.2, 0) is 0 Å². The Labute approximate surface area is 166 Å². The molecule has 2 heterocycles. The Balaban J connectivity index is 1.37. The number of carbonyl (C=O) groups excluding carboxylic acids is 1. The molecule has 1 saturated carbocycles. The van der Waals surface area contributed by atoms with Gasteiger partial charge in [0.1, 0.15) is 16.5 Å². The van der Waals surface area contributed by atoms with E-state index in [1.165, 1.54) is 12.3 Å². The van der Waals surface area contributed by atoms with Crippen molar-refractivity contribution in [3.63, 3.8) is 0 Å². The standard InChI is InChI=1S/C19H20ClN3O5/c1-27-15-3-2-4-16(17(15)20)28-13-7-11-9-22(10-12(11)8-13)19(26)23-6-5-14(21-23)18(24)25/h2-6,11-13H,7-10H2,1H3,(H,24,25)/t11-,12+,13+. The summed E-state index contributed by atoms with van der Waals surface area (Å²) in [6.07, 6.45) is 3.10. The Morgan fingerprint density at radius 2 is 1.86 bits per heavy atom. The van der Waals surface area contributed by atoms with Gasteiger partial charge < -0.3 is 19.5 Å². The zero-order valence-electron chi connectivity index (χ0n) is 15.2. The predicted molar refractivity (Wildman–Crippen MR) is 100 cm³/mol. The zero-order chi connectivity index (χ0) is 19.8. The van der Waals surface area contributed by atoms with E-state index in [4.69, 9.17) is 26.2 Å². The smallest absolute Gasteiger partial charge is 0.356 e. The summed E-state index contributed by atoms with van der Waals surface area (Å²) in [5.41, 5.74) is -0.142. The van der Waals surface area contributed by atoms with Gasteiger partial charge >= 0.3 is 12.0 Å². The molecule has 3 atom stereocenters. The first-order chi connectivity index (χ1) is 13.5. The number of rotatable bonds is 4. The van der Waals surface area contributed by atoms with E-state index in [0.29, 0.717) is 41.4 Å². The molecule has 1 aliphatic heterocycles. The van der Waals surface area contributed by atoms with E-state index in [1.54, 1.807) is 18.1 Å². The first-order valence-corrected chi connectivity index (χ1v) is 9.41. The molecule has 1 aliphatic carbocycles. The molecule has 1 aromatic heterocycles. The van der Waals surface area contributed by atoms with Crippen molar-refractivity contribution in [2.45, 2.75) is 18.9 Å². The van der Waals surface area contributed by atoms with Crippen LogP contribution in [0, 0.1) is 11.8 Å². The van der Waals surface area contributed by atoms with E-state index < -0.39 is 5.97 Å². The number of carbonyl (C=O) groups is 2. The third-order valence-electron chi connectivity index (χ3n) is 5.42. The second-order valence-corrected chi connectivity index (χ2v) is 7.52. The summed E-state index contributed by atoms with van der Waals surface area (Å²) in [5, 5.41) is 13.2. The highest BCUT2D eigenvalue weighted by Gasteiger charge is 2.43. The summed E-state index contributed by atoms with van der Waals surface area (Å²) in [6, 6.07) is 6.47. The number of hydrogen-bond donors (Lipinski definition) is 1. The number of nitrogens with zero attached hydrogens (tertiary/aromatic N) is 3. The molecule has 2 fully saturated rings. The van der Waals surface area contributed by atoms with Gasteiger partial charge in [-0.1, -0.05) is 17.7 Å². The number of carboxylic acids is 1. The van der Waals surface area contributed by atoms with Crippen LogP contribution in [0.3, 0.4) is 0 Å². The number of aromatic nitrogens is 2. The molecule has 1 amide bonds. The number of halogens is 1. The number of methoxy groups -OCH3 is 1. The van der Waals surface area contributed by atoms with Gasteiger partial charge in [-0.05, 0) is 42.9 Å². The molecule has 1 N–H and O–H groups in total. The third kappa shape index (κ3) is 3.40. The number of benzene rings is 1. The van der Waals surface area contributed by atoms with Gasteiger partial charge in [-0.2, -0.15) is 9.78 Å². The summed E-state index contributed by atoms with van der Waals surface area (Å²) < 4.78 is 12.4. The van der Waals surface area contributed by atoms with Gasteiger partial charge in [0.25, 0.3) is 0 Å². The van der Waals surface area contributed by atoms with Gasteiger partial charge in [0, 0.05) is 19.3 Å². The maximum atomic E-state index is 12.6. The van der Waals surface area contributed by atoms with E-state index in [1.807, 2.05) is 12.1 Å². The molecule has 1 aromatic carbocycles. The van der Waals surface area contributed by atoms with Crippen molar-refractivity contribution in [1.29, 1.82) is 0 Å². The van der Waals surface area contributed by atoms with E-state index >= 15 is 0 Å². The molecule has 0 radical (unpaired) electrons. The van der Waals surface area contributed by atoms with Gasteiger partial charge in [-0.25, -0.2) is 9.59 Å². The van der Waals surface area contributed by atoms with Gasteiger partial charge in [0.05, 0.1) is 13.2 Å². The van der Waals surface area contributed by atoms with Crippen molar-refractivity contribution in [3.05, 3.63) is 41.2 Å². The van der Waals surface area contributed by atoms with Crippen molar-refractivity contribution in [2.24, 2.45) is 11.8 Å². The lowest BCUT2D eigenvalue weighted by Crippen LogP contribution is -2.34. The molecule has 9 heteroatoms. The fourth-order valence-electron chi connectivity index (χ4n) is 4.11. The van der Waals surface area contributed by atoms with E-state index in [0.717, 1.165) is 17.5 Å². The average molecular weight is 406 g/mol. The topological polar surface area (TPSA) is 93.9 Å². The molecule has 148 valence electrons. The molecular weight excluding hydrogens is 386 g/mol. The van der Waals surface area contributed by atoms with Crippen molar-refractivity contribution in [1.82, 2.24) is 14.7 Å². The molecule has 8 nitrogen and oxygen atoms in total. The molecule has 0 spiro atoms. The van der Waals surface area contributed by atoms with Crippen LogP contribution in [0.15, 0.2) is 30.5 Å². The van der Waals surface area contributed by atoms with Crippen LogP contribution < -0.4 is 9.47 Å². The summed E-state index contributed by atoms with van der Waals surface area (Å²) in [7, 11) is 1.57. The van der Waals surface area contributed by atoms with Crippen LogP contribution in [-0.4, -0.2) is 58.1 Å². The van der Waals surface area contributed by atoms with Crippen LogP contribution in [0.25, 0.3) is 0 Å². The number of fused-ring (bicyclic) bond motifs is 1. The molecule has 2 aliphatic rings. The van der Waals surface area contributed by atoms with Crippen LogP contribution >= 0.6 is 11.6 Å². The highest BCUT2D eigenvalue weighted by Crippen LogP contribution is 2.42. The van der Waals surface area contributed by atoms with Gasteiger partial charge in [-0.3, -0.25) is 0 Å². The lowest BCUT2D eigenvalue weighted by Gasteiger charge is -2.20. The van der Waals surface area contributed by atoms with E-state index in [2.05, 4.69) is 5.10 Å². The first-order valence-electron chi connectivity index (χ1n) is 9.03. The number of carboxylic acid groups (broad SMARTS) is 1. The molecule has 0 bridgehead atoms. The van der Waals surface area contributed by atoms with Gasteiger partial charge in [0.2, 0.25) is 0 Å². The summed E-state index contributed by atoms with van der Waals surface area (Å²) in [4.78, 5) is 25.2. The van der Waals surface area contributed by atoms with Crippen molar-refractivity contribution in [3.8, 4) is 11.5 Å². The fourth-order valence-corrected chi connectivity index (χ4v) is 4.35. The maximum absolute atomic E-state index is 12.6. The SMILES string of the molecule is COc1cccc(O[C@H]2C[C@@H]3CN(C(=O)n4ccc(C(=O)O)n4)C[C@@H]3C2)c1Cl. The average Bonchev–Trinajstić information content (AvgIpc) is 3.37. The Morgan fingerprint density at radius 3 is 2.46 bits per heavy atom. The monoisotopic (exact) mass is 405 g/mol. The Hall–Kier alpha value is -2.74. The highest BCUT2D eigenvalue weighted by molar-refractivity contribution is 6.33. The second-order valence-electron chi connectivity index (χ2n) is 7.14. The number of ether oxygens (including phenoxy) is 2. The normalized spacial score (nSPS) is 23.5. The number of amides is 1. The summed E-state index contributed by atoms with van der Waals surface area (Å²) in [5.74, 6) is 0.715. The second kappa shape index (κ2) is 7.35. The Kier molecular flexibility index (Phi) is 4.89. The van der Waals surface area contributed by atoms with Crippen LogP contribution in [0.1, 0.15) is 23.3 Å². The predicted octanol–water partition coefficient (Wildman–Crippen LogP) is 3.00. The minimum Gasteiger partial charge on any atom is -0.495 e. The molecular formula is C19H20ClN3O5. The Bertz CT molecular complexity index is 901. The van der Waals surface area contributed by atoms with Crippen LogP contribution in [0.4, 0.5) is 4.79 Å². The number of likely N-dealkylation sites (tertiary alicyclic amines) is 1. The number of hydrogen-bond acceptors (Lipinski definition) is 5. The zero-order valence-corrected chi connectivity index (χ0v) is 16.0. The van der Waals surface area contributed by atoms with Crippen LogP contribution in [0.5, 0.6) is 11.5 Å². The van der Waals surface area contributed by atoms with E-state index in [-0.39, 0.29) is 17.8 Å². The molecule has 2 aromatic rings. The van der Waals surface area contributed by atoms with Crippen LogP contribution in [0.2, 0.25) is 5.02 Å². The quantitative estimate of drug-likeness (QED) is 0.840. The number of aromatic carboxylic acids is 1. The van der Waals surface area contributed by atoms with E-state index in [9.17, 15) is 9.59 Å². The molecule has 28 heavy (non-hydrogen) atoms. The largest absolute Gasteiger partial charge is 0.495 e. The summed E-state index contributed by atoms with van der Waals surface area (Å²) >= 11 is 6.31. The minimum atomic E-state index is -1.15. The summed E-state index contributed by atoms with van der Waals surface area (Å²) in [6.45, 7) is 1.22. The van der Waals surface area contributed by atoms with Crippen molar-refractivity contribution < 1.29 is 24.2 Å². The molecule has 0 unspecified atom stereocenters. The minimum absolute atomic E-state index is 0.0418. The lowest BCUT2D eigenvalue weighted by molar-refractivity contribution is 0.0690. The first kappa shape index (κ1) is 18.6. The Morgan fingerprint density at radius 1 is 1.18 bits per heavy atom. The van der Waals surface area contributed by atoms with Crippen molar-refractivity contribution in [2.75, 3.05) is 20.2 Å². The third-order valence-corrected chi connectivity index (χ3v) is 5.80. The highest BCUT2D eigenvalue weighted by atomic mass is 35.5. The molecule has 4 rings (SSSR count). The van der Waals surface area contributed by atoms with Gasteiger partial charge in [0.15, 0.2) is 5.69 Å². The van der Waals surface area contributed by atoms with Crippen molar-refractivity contribution >= 4 is 23.6 Å². The fraction of sp³-hybridized carbons (Fsp3) is 0.421. The van der Waals surface area contributed by atoms with Gasteiger partial charge in [-0.15, -0.1) is 0 Å². The lowest BCUT2D eigenvalue weighted by atomic mass is 10.0. The molecule has 1 saturated heterocycles.